The van der Waals surface area contributed by atoms with Crippen LogP contribution in [0.25, 0.3) is 10.1 Å². The van der Waals surface area contributed by atoms with E-state index >= 15 is 0 Å². The Morgan fingerprint density at radius 2 is 2.00 bits per heavy atom. The van der Waals surface area contributed by atoms with Crippen LogP contribution in [0.4, 0.5) is 5.69 Å². The van der Waals surface area contributed by atoms with E-state index in [1.807, 2.05) is 24.3 Å². The summed E-state index contributed by atoms with van der Waals surface area (Å²) in [5, 5.41) is 1.00. The molecule has 1 heterocycles. The zero-order valence-electron chi connectivity index (χ0n) is 11.9. The minimum absolute atomic E-state index is 0.222. The molecular formula is C16H21NO2S. The summed E-state index contributed by atoms with van der Waals surface area (Å²) in [5.41, 5.74) is 6.45. The van der Waals surface area contributed by atoms with Crippen LogP contribution in [0.5, 0.6) is 0 Å². The van der Waals surface area contributed by atoms with Crippen LogP contribution in [0.15, 0.2) is 24.3 Å². The second kappa shape index (κ2) is 7.29. The van der Waals surface area contributed by atoms with Gasteiger partial charge in [-0.25, -0.2) is 4.79 Å². The molecule has 0 fully saturated rings. The molecule has 4 heteroatoms. The van der Waals surface area contributed by atoms with E-state index in [0.717, 1.165) is 22.9 Å². The molecule has 3 nitrogen and oxygen atoms in total. The number of anilines is 1. The Balaban J connectivity index is 1.85. The summed E-state index contributed by atoms with van der Waals surface area (Å²) in [4.78, 5) is 12.6. The molecule has 0 aliphatic rings. The number of carbonyl (C=O) groups excluding carboxylic acids is 1. The van der Waals surface area contributed by atoms with Crippen molar-refractivity contribution in [3.63, 3.8) is 0 Å². The van der Waals surface area contributed by atoms with Crippen LogP contribution in [-0.4, -0.2) is 12.6 Å². The van der Waals surface area contributed by atoms with Gasteiger partial charge in [0.15, 0.2) is 0 Å². The summed E-state index contributed by atoms with van der Waals surface area (Å²) in [7, 11) is 0. The monoisotopic (exact) mass is 291 g/mol. The highest BCUT2D eigenvalue weighted by Crippen LogP contribution is 2.27. The summed E-state index contributed by atoms with van der Waals surface area (Å²) in [6.45, 7) is 2.70. The van der Waals surface area contributed by atoms with E-state index in [9.17, 15) is 4.79 Å². The first-order valence-electron chi connectivity index (χ1n) is 7.17. The minimum atomic E-state index is -0.222. The summed E-state index contributed by atoms with van der Waals surface area (Å²) in [6.07, 6.45) is 5.78. The van der Waals surface area contributed by atoms with E-state index in [4.69, 9.17) is 10.5 Å². The van der Waals surface area contributed by atoms with E-state index < -0.39 is 0 Å². The largest absolute Gasteiger partial charge is 0.462 e. The highest BCUT2D eigenvalue weighted by Gasteiger charge is 2.11. The molecule has 0 amide bonds. The SMILES string of the molecule is CCCCCCCOC(=O)c1cc2cc(N)ccc2s1. The predicted molar refractivity (Wildman–Crippen MR) is 85.3 cm³/mol. The fraction of sp³-hybridized carbons (Fsp3) is 0.438. The molecule has 0 saturated heterocycles. The van der Waals surface area contributed by atoms with Gasteiger partial charge in [0.05, 0.1) is 6.61 Å². The van der Waals surface area contributed by atoms with Crippen molar-refractivity contribution in [2.24, 2.45) is 0 Å². The number of hydrogen-bond acceptors (Lipinski definition) is 4. The van der Waals surface area contributed by atoms with Crippen molar-refractivity contribution in [2.75, 3.05) is 12.3 Å². The number of thiophene rings is 1. The van der Waals surface area contributed by atoms with E-state index in [1.54, 1.807) is 0 Å². The standard InChI is InChI=1S/C16H21NO2S/c1-2-3-4-5-6-9-19-16(18)15-11-12-10-13(17)7-8-14(12)20-15/h7-8,10-11H,2-6,9,17H2,1H3. The van der Waals surface area contributed by atoms with Gasteiger partial charge in [-0.15, -0.1) is 11.3 Å². The van der Waals surface area contributed by atoms with E-state index in [0.29, 0.717) is 17.2 Å². The maximum absolute atomic E-state index is 11.9. The summed E-state index contributed by atoms with van der Waals surface area (Å²) in [6, 6.07) is 7.53. The smallest absolute Gasteiger partial charge is 0.348 e. The second-order valence-electron chi connectivity index (χ2n) is 4.96. The number of ether oxygens (including phenoxy) is 1. The van der Waals surface area contributed by atoms with Crippen molar-refractivity contribution in [1.82, 2.24) is 0 Å². The number of hydrogen-bond donors (Lipinski definition) is 1. The lowest BCUT2D eigenvalue weighted by Crippen LogP contribution is -2.04. The highest BCUT2D eigenvalue weighted by atomic mass is 32.1. The molecule has 2 aromatic rings. The molecule has 0 bridgehead atoms. The topological polar surface area (TPSA) is 52.3 Å². The number of nitrogen functional groups attached to an aromatic ring is 1. The maximum atomic E-state index is 11.9. The van der Waals surface area contributed by atoms with Gasteiger partial charge in [0.25, 0.3) is 0 Å². The van der Waals surface area contributed by atoms with Gasteiger partial charge in [-0.05, 0) is 36.1 Å². The third kappa shape index (κ3) is 3.97. The number of unbranched alkanes of at least 4 members (excludes halogenated alkanes) is 4. The molecule has 2 N–H and O–H groups in total. The lowest BCUT2D eigenvalue weighted by Gasteiger charge is -2.02. The molecule has 0 atom stereocenters. The van der Waals surface area contributed by atoms with Crippen LogP contribution >= 0.6 is 11.3 Å². The normalized spacial score (nSPS) is 10.8. The molecule has 20 heavy (non-hydrogen) atoms. The number of rotatable bonds is 7. The first kappa shape index (κ1) is 14.9. The van der Waals surface area contributed by atoms with Gasteiger partial charge in [0.1, 0.15) is 4.88 Å². The van der Waals surface area contributed by atoms with Crippen LogP contribution in [0.2, 0.25) is 0 Å². The molecule has 0 aliphatic carbocycles. The van der Waals surface area contributed by atoms with Gasteiger partial charge >= 0.3 is 5.97 Å². The molecule has 1 aromatic heterocycles. The Labute approximate surface area is 123 Å². The first-order valence-corrected chi connectivity index (χ1v) is 7.98. The van der Waals surface area contributed by atoms with Gasteiger partial charge in [-0.3, -0.25) is 0 Å². The van der Waals surface area contributed by atoms with Crippen LogP contribution in [0.1, 0.15) is 48.7 Å². The molecule has 0 unspecified atom stereocenters. The molecule has 0 radical (unpaired) electrons. The molecule has 0 aliphatic heterocycles. The maximum Gasteiger partial charge on any atom is 0.348 e. The quantitative estimate of drug-likeness (QED) is 0.460. The van der Waals surface area contributed by atoms with E-state index in [2.05, 4.69) is 6.92 Å². The van der Waals surface area contributed by atoms with Gasteiger partial charge in [-0.2, -0.15) is 0 Å². The Morgan fingerprint density at radius 3 is 2.80 bits per heavy atom. The van der Waals surface area contributed by atoms with Crippen molar-refractivity contribution in [1.29, 1.82) is 0 Å². The van der Waals surface area contributed by atoms with Crippen LogP contribution < -0.4 is 5.73 Å². The molecule has 108 valence electrons. The lowest BCUT2D eigenvalue weighted by molar-refractivity contribution is 0.0503. The van der Waals surface area contributed by atoms with Crippen molar-refractivity contribution < 1.29 is 9.53 Å². The number of esters is 1. The van der Waals surface area contributed by atoms with Gasteiger partial charge in [0, 0.05) is 10.4 Å². The Hall–Kier alpha value is -1.55. The van der Waals surface area contributed by atoms with Crippen molar-refractivity contribution in [3.8, 4) is 0 Å². The van der Waals surface area contributed by atoms with Crippen LogP contribution in [0.3, 0.4) is 0 Å². The summed E-state index contributed by atoms with van der Waals surface area (Å²) in [5.74, 6) is -0.222. The van der Waals surface area contributed by atoms with Gasteiger partial charge in [0.2, 0.25) is 0 Å². The zero-order chi connectivity index (χ0) is 14.4. The molecular weight excluding hydrogens is 270 g/mol. The number of benzene rings is 1. The first-order chi connectivity index (χ1) is 9.70. The fourth-order valence-electron chi connectivity index (χ4n) is 2.10. The van der Waals surface area contributed by atoms with Gasteiger partial charge < -0.3 is 10.5 Å². The molecule has 0 spiro atoms. The van der Waals surface area contributed by atoms with E-state index in [1.165, 1.54) is 30.6 Å². The van der Waals surface area contributed by atoms with Crippen molar-refractivity contribution >= 4 is 33.1 Å². The zero-order valence-corrected chi connectivity index (χ0v) is 12.7. The summed E-state index contributed by atoms with van der Waals surface area (Å²) >= 11 is 1.46. The van der Waals surface area contributed by atoms with E-state index in [-0.39, 0.29) is 5.97 Å². The van der Waals surface area contributed by atoms with Crippen molar-refractivity contribution in [3.05, 3.63) is 29.1 Å². The third-order valence-corrected chi connectivity index (χ3v) is 4.32. The Morgan fingerprint density at radius 1 is 1.20 bits per heavy atom. The van der Waals surface area contributed by atoms with Crippen LogP contribution in [-0.2, 0) is 4.74 Å². The summed E-state index contributed by atoms with van der Waals surface area (Å²) < 4.78 is 6.37. The molecule has 1 aromatic carbocycles. The van der Waals surface area contributed by atoms with Crippen LogP contribution in [0, 0.1) is 0 Å². The second-order valence-corrected chi connectivity index (χ2v) is 6.04. The highest BCUT2D eigenvalue weighted by molar-refractivity contribution is 7.20. The third-order valence-electron chi connectivity index (χ3n) is 3.22. The Kier molecular flexibility index (Phi) is 5.41. The Bertz CT molecular complexity index is 577. The lowest BCUT2D eigenvalue weighted by atomic mass is 10.2. The average molecular weight is 291 g/mol. The average Bonchev–Trinajstić information content (AvgIpc) is 2.85. The number of nitrogens with two attached hydrogens (primary N) is 1. The fourth-order valence-corrected chi connectivity index (χ4v) is 3.04. The molecule has 0 saturated carbocycles. The predicted octanol–water partition coefficient (Wildman–Crippen LogP) is 4.61. The minimum Gasteiger partial charge on any atom is -0.462 e. The van der Waals surface area contributed by atoms with Gasteiger partial charge in [-0.1, -0.05) is 32.6 Å². The van der Waals surface area contributed by atoms with Crippen molar-refractivity contribution in [2.45, 2.75) is 39.0 Å². The number of fused-ring (bicyclic) bond motifs is 1. The molecule has 2 rings (SSSR count). The number of carbonyl (C=O) groups is 1.